The minimum absolute atomic E-state index is 0.109. The van der Waals surface area contributed by atoms with Crippen molar-refractivity contribution in [3.63, 3.8) is 0 Å². The Morgan fingerprint density at radius 2 is 1.80 bits per heavy atom. The number of halogens is 2. The monoisotopic (exact) mass is 344 g/mol. The molecule has 25 heavy (non-hydrogen) atoms. The van der Waals surface area contributed by atoms with Gasteiger partial charge in [-0.2, -0.15) is 0 Å². The van der Waals surface area contributed by atoms with Gasteiger partial charge in [0.1, 0.15) is 23.5 Å². The summed E-state index contributed by atoms with van der Waals surface area (Å²) in [5.74, 6) is 0.147. The van der Waals surface area contributed by atoms with E-state index in [1.54, 1.807) is 12.1 Å². The predicted molar refractivity (Wildman–Crippen MR) is 92.5 cm³/mol. The van der Waals surface area contributed by atoms with Crippen molar-refractivity contribution in [1.82, 2.24) is 9.80 Å². The van der Waals surface area contributed by atoms with Crippen LogP contribution in [0.15, 0.2) is 48.5 Å². The molecule has 0 bridgehead atoms. The smallest absolute Gasteiger partial charge is 0.126 e. The number of piperazine rings is 1. The van der Waals surface area contributed by atoms with Gasteiger partial charge in [0.25, 0.3) is 0 Å². The summed E-state index contributed by atoms with van der Waals surface area (Å²) >= 11 is 0. The van der Waals surface area contributed by atoms with Crippen molar-refractivity contribution in [2.75, 3.05) is 26.2 Å². The molecule has 0 aromatic heterocycles. The van der Waals surface area contributed by atoms with Crippen LogP contribution in [-0.4, -0.2) is 48.1 Å². The maximum absolute atomic E-state index is 13.3. The summed E-state index contributed by atoms with van der Waals surface area (Å²) in [6.45, 7) is 4.74. The average Bonchev–Trinajstić information content (AvgIpc) is 2.98. The second kappa shape index (κ2) is 7.10. The zero-order chi connectivity index (χ0) is 17.2. The fraction of sp³-hybridized carbons (Fsp3) is 0.400. The molecule has 0 radical (unpaired) electrons. The van der Waals surface area contributed by atoms with Crippen LogP contribution in [0, 0.1) is 11.6 Å². The normalized spacial score (nSPS) is 24.2. The van der Waals surface area contributed by atoms with Crippen molar-refractivity contribution >= 4 is 0 Å². The topological polar surface area (TPSA) is 15.7 Å². The third-order valence-electron chi connectivity index (χ3n) is 5.08. The van der Waals surface area contributed by atoms with Crippen molar-refractivity contribution in [2.24, 2.45) is 0 Å². The largest absolute Gasteiger partial charge is 0.489 e. The van der Waals surface area contributed by atoms with Crippen LogP contribution < -0.4 is 4.74 Å². The fourth-order valence-electron chi connectivity index (χ4n) is 3.87. The lowest BCUT2D eigenvalue weighted by Gasteiger charge is -2.37. The van der Waals surface area contributed by atoms with E-state index in [4.69, 9.17) is 4.74 Å². The molecule has 2 aromatic carbocycles. The van der Waals surface area contributed by atoms with Gasteiger partial charge in [0.2, 0.25) is 0 Å². The van der Waals surface area contributed by atoms with Crippen LogP contribution in [0.25, 0.3) is 0 Å². The quantitative estimate of drug-likeness (QED) is 0.846. The molecular formula is C20H22F2N2O. The molecule has 2 fully saturated rings. The Kier molecular flexibility index (Phi) is 4.68. The summed E-state index contributed by atoms with van der Waals surface area (Å²) in [5, 5.41) is 0. The Morgan fingerprint density at radius 1 is 0.960 bits per heavy atom. The van der Waals surface area contributed by atoms with Gasteiger partial charge in [0.15, 0.2) is 0 Å². The first-order valence-electron chi connectivity index (χ1n) is 8.79. The Bertz CT molecular complexity index is 722. The summed E-state index contributed by atoms with van der Waals surface area (Å²) in [6.07, 6.45) is 1.06. The summed E-state index contributed by atoms with van der Waals surface area (Å²) in [6, 6.07) is 13.6. The number of nitrogens with zero attached hydrogens (tertiary/aromatic N) is 2. The Labute approximate surface area is 146 Å². The van der Waals surface area contributed by atoms with Gasteiger partial charge in [0, 0.05) is 51.3 Å². The van der Waals surface area contributed by atoms with E-state index in [-0.39, 0.29) is 17.7 Å². The maximum atomic E-state index is 13.3. The van der Waals surface area contributed by atoms with Gasteiger partial charge in [-0.25, -0.2) is 8.78 Å². The highest BCUT2D eigenvalue weighted by atomic mass is 19.1. The summed E-state index contributed by atoms with van der Waals surface area (Å²) in [5.41, 5.74) is 1.14. The molecule has 0 aliphatic carbocycles. The molecule has 2 aliphatic rings. The molecule has 3 nitrogen and oxygen atoms in total. The Balaban J connectivity index is 1.33. The zero-order valence-corrected chi connectivity index (χ0v) is 14.1. The van der Waals surface area contributed by atoms with E-state index in [1.807, 2.05) is 12.1 Å². The van der Waals surface area contributed by atoms with E-state index < -0.39 is 0 Å². The first-order chi connectivity index (χ1) is 12.2. The van der Waals surface area contributed by atoms with E-state index in [2.05, 4.69) is 9.80 Å². The van der Waals surface area contributed by atoms with Gasteiger partial charge in [0.05, 0.1) is 0 Å². The summed E-state index contributed by atoms with van der Waals surface area (Å²) in [7, 11) is 0. The number of benzene rings is 2. The molecule has 2 atom stereocenters. The molecule has 0 spiro atoms. The zero-order valence-electron chi connectivity index (χ0n) is 14.1. The van der Waals surface area contributed by atoms with E-state index >= 15 is 0 Å². The van der Waals surface area contributed by atoms with Gasteiger partial charge in [-0.3, -0.25) is 9.80 Å². The SMILES string of the molecule is Fc1ccc(CN2CCN3CC(Oc4cccc(F)c4)CC3C2)cc1. The molecule has 0 N–H and O–H groups in total. The number of rotatable bonds is 4. The van der Waals surface area contributed by atoms with Crippen LogP contribution in [0.2, 0.25) is 0 Å². The molecule has 2 aliphatic heterocycles. The van der Waals surface area contributed by atoms with E-state index in [0.717, 1.165) is 44.7 Å². The van der Waals surface area contributed by atoms with Crippen LogP contribution in [0.1, 0.15) is 12.0 Å². The molecule has 2 heterocycles. The second-order valence-electron chi connectivity index (χ2n) is 6.94. The van der Waals surface area contributed by atoms with Crippen molar-refractivity contribution < 1.29 is 13.5 Å². The minimum Gasteiger partial charge on any atom is -0.489 e. The standard InChI is InChI=1S/C20H22F2N2O/c21-16-6-4-15(5-7-16)12-23-8-9-24-14-20(11-18(24)13-23)25-19-3-1-2-17(22)10-19/h1-7,10,18,20H,8-9,11-14H2. The lowest BCUT2D eigenvalue weighted by molar-refractivity contribution is 0.0978. The predicted octanol–water partition coefficient (Wildman–Crippen LogP) is 3.30. The summed E-state index contributed by atoms with van der Waals surface area (Å²) < 4.78 is 32.3. The molecule has 5 heteroatoms. The highest BCUT2D eigenvalue weighted by Gasteiger charge is 2.37. The Morgan fingerprint density at radius 3 is 2.60 bits per heavy atom. The molecule has 2 aromatic rings. The number of hydrogen-bond acceptors (Lipinski definition) is 3. The van der Waals surface area contributed by atoms with Gasteiger partial charge in [-0.1, -0.05) is 18.2 Å². The lowest BCUT2D eigenvalue weighted by atomic mass is 10.1. The van der Waals surface area contributed by atoms with Crippen molar-refractivity contribution in [2.45, 2.75) is 25.1 Å². The molecular weight excluding hydrogens is 322 g/mol. The molecule has 132 valence electrons. The van der Waals surface area contributed by atoms with Crippen LogP contribution >= 0.6 is 0 Å². The van der Waals surface area contributed by atoms with Crippen molar-refractivity contribution in [1.29, 1.82) is 0 Å². The average molecular weight is 344 g/mol. The molecule has 2 saturated heterocycles. The third-order valence-corrected chi connectivity index (χ3v) is 5.08. The second-order valence-corrected chi connectivity index (χ2v) is 6.94. The van der Waals surface area contributed by atoms with Crippen LogP contribution in [0.5, 0.6) is 5.75 Å². The van der Waals surface area contributed by atoms with E-state index in [9.17, 15) is 8.78 Å². The third kappa shape index (κ3) is 3.99. The molecule has 0 amide bonds. The number of ether oxygens (including phenoxy) is 1. The van der Waals surface area contributed by atoms with Crippen molar-refractivity contribution in [3.05, 3.63) is 65.7 Å². The lowest BCUT2D eigenvalue weighted by Crippen LogP contribution is -2.49. The van der Waals surface area contributed by atoms with Gasteiger partial charge < -0.3 is 4.74 Å². The van der Waals surface area contributed by atoms with E-state index in [0.29, 0.717) is 11.8 Å². The fourth-order valence-corrected chi connectivity index (χ4v) is 3.87. The Hall–Kier alpha value is -1.98. The van der Waals surface area contributed by atoms with Crippen molar-refractivity contribution in [3.8, 4) is 5.75 Å². The number of fused-ring (bicyclic) bond motifs is 1. The minimum atomic E-state index is -0.265. The first kappa shape index (κ1) is 16.5. The van der Waals surface area contributed by atoms with Crippen LogP contribution in [0.4, 0.5) is 8.78 Å². The molecule has 2 unspecified atom stereocenters. The van der Waals surface area contributed by atoms with Crippen LogP contribution in [-0.2, 0) is 6.54 Å². The highest BCUT2D eigenvalue weighted by Crippen LogP contribution is 2.26. The van der Waals surface area contributed by atoms with Gasteiger partial charge in [-0.05, 0) is 29.8 Å². The highest BCUT2D eigenvalue weighted by molar-refractivity contribution is 5.23. The van der Waals surface area contributed by atoms with E-state index in [1.165, 1.54) is 24.3 Å². The molecule has 4 rings (SSSR count). The number of hydrogen-bond donors (Lipinski definition) is 0. The van der Waals surface area contributed by atoms with Gasteiger partial charge >= 0.3 is 0 Å². The van der Waals surface area contributed by atoms with Gasteiger partial charge in [-0.15, -0.1) is 0 Å². The summed E-state index contributed by atoms with van der Waals surface area (Å²) in [4.78, 5) is 4.88. The first-order valence-corrected chi connectivity index (χ1v) is 8.79. The maximum Gasteiger partial charge on any atom is 0.126 e. The van der Waals surface area contributed by atoms with Crippen LogP contribution in [0.3, 0.4) is 0 Å². The molecule has 0 saturated carbocycles.